The van der Waals surface area contributed by atoms with Crippen LogP contribution in [0.5, 0.6) is 0 Å². The molecule has 0 atom stereocenters. The summed E-state index contributed by atoms with van der Waals surface area (Å²) in [4.78, 5) is 8.21. The summed E-state index contributed by atoms with van der Waals surface area (Å²) in [5.74, 6) is 0. The van der Waals surface area contributed by atoms with Gasteiger partial charge in [0.1, 0.15) is 6.33 Å². The highest BCUT2D eigenvalue weighted by Gasteiger charge is 2.03. The average Bonchev–Trinajstić information content (AvgIpc) is 2.30. The monoisotopic (exact) mass is 185 g/mol. The second kappa shape index (κ2) is 3.87. The van der Waals surface area contributed by atoms with Gasteiger partial charge in [0, 0.05) is 12.6 Å². The number of hydrogen-bond acceptors (Lipinski definition) is 3. The van der Waals surface area contributed by atoms with E-state index >= 15 is 0 Å². The maximum absolute atomic E-state index is 4.25. The molecule has 2 aromatic rings. The SMILES string of the molecule is CNc1cncnc1-c1ccccc1. The van der Waals surface area contributed by atoms with Crippen molar-refractivity contribution in [3.8, 4) is 11.3 Å². The molecular formula is C11H11N3. The first-order chi connectivity index (χ1) is 6.92. The third-order valence-electron chi connectivity index (χ3n) is 2.03. The lowest BCUT2D eigenvalue weighted by Crippen LogP contribution is -1.95. The number of rotatable bonds is 2. The van der Waals surface area contributed by atoms with Crippen molar-refractivity contribution in [1.29, 1.82) is 0 Å². The molecule has 1 N–H and O–H groups in total. The highest BCUT2D eigenvalue weighted by Crippen LogP contribution is 2.23. The van der Waals surface area contributed by atoms with E-state index in [4.69, 9.17) is 0 Å². The van der Waals surface area contributed by atoms with Gasteiger partial charge in [-0.15, -0.1) is 0 Å². The molecule has 1 aromatic heterocycles. The van der Waals surface area contributed by atoms with E-state index in [9.17, 15) is 0 Å². The molecule has 0 saturated carbocycles. The Bertz CT molecular complexity index is 412. The zero-order chi connectivity index (χ0) is 9.80. The van der Waals surface area contributed by atoms with Crippen molar-refractivity contribution in [3.05, 3.63) is 42.9 Å². The predicted molar refractivity (Wildman–Crippen MR) is 57.0 cm³/mol. The minimum absolute atomic E-state index is 0.933. The van der Waals surface area contributed by atoms with Crippen LogP contribution in [0.15, 0.2) is 42.9 Å². The largest absolute Gasteiger partial charge is 0.385 e. The summed E-state index contributed by atoms with van der Waals surface area (Å²) in [6.07, 6.45) is 3.33. The molecule has 0 bridgehead atoms. The molecule has 0 fully saturated rings. The normalized spacial score (nSPS) is 9.79. The molecule has 3 heteroatoms. The molecule has 2 rings (SSSR count). The number of nitrogens with zero attached hydrogens (tertiary/aromatic N) is 2. The fourth-order valence-electron chi connectivity index (χ4n) is 1.34. The van der Waals surface area contributed by atoms with E-state index in [-0.39, 0.29) is 0 Å². The van der Waals surface area contributed by atoms with Crippen LogP contribution in [0.25, 0.3) is 11.3 Å². The first kappa shape index (κ1) is 8.69. The second-order valence-electron chi connectivity index (χ2n) is 2.90. The minimum Gasteiger partial charge on any atom is -0.385 e. The van der Waals surface area contributed by atoms with Crippen molar-refractivity contribution >= 4 is 5.69 Å². The van der Waals surface area contributed by atoms with Crippen LogP contribution in [-0.2, 0) is 0 Å². The lowest BCUT2D eigenvalue weighted by atomic mass is 10.1. The van der Waals surface area contributed by atoms with Crippen LogP contribution in [0.4, 0.5) is 5.69 Å². The smallest absolute Gasteiger partial charge is 0.116 e. The van der Waals surface area contributed by atoms with Gasteiger partial charge >= 0.3 is 0 Å². The zero-order valence-electron chi connectivity index (χ0n) is 7.94. The average molecular weight is 185 g/mol. The Morgan fingerprint density at radius 1 is 1.14 bits per heavy atom. The van der Waals surface area contributed by atoms with Gasteiger partial charge in [-0.05, 0) is 0 Å². The molecule has 70 valence electrons. The second-order valence-corrected chi connectivity index (χ2v) is 2.90. The van der Waals surface area contributed by atoms with Gasteiger partial charge < -0.3 is 5.32 Å². The van der Waals surface area contributed by atoms with E-state index in [2.05, 4.69) is 15.3 Å². The number of hydrogen-bond donors (Lipinski definition) is 1. The Balaban J connectivity index is 2.51. The van der Waals surface area contributed by atoms with Gasteiger partial charge in [-0.2, -0.15) is 0 Å². The Morgan fingerprint density at radius 3 is 2.64 bits per heavy atom. The summed E-state index contributed by atoms with van der Waals surface area (Å²) in [5, 5.41) is 3.07. The first-order valence-electron chi connectivity index (χ1n) is 4.45. The van der Waals surface area contributed by atoms with Gasteiger partial charge in [0.05, 0.1) is 17.6 Å². The zero-order valence-corrected chi connectivity index (χ0v) is 7.94. The third-order valence-corrected chi connectivity index (χ3v) is 2.03. The summed E-state index contributed by atoms with van der Waals surface area (Å²) in [5.41, 5.74) is 2.97. The summed E-state index contributed by atoms with van der Waals surface area (Å²) in [6, 6.07) is 10.0. The van der Waals surface area contributed by atoms with Crippen LogP contribution in [0.3, 0.4) is 0 Å². The Kier molecular flexibility index (Phi) is 2.40. The van der Waals surface area contributed by atoms with Crippen molar-refractivity contribution in [2.75, 3.05) is 12.4 Å². The van der Waals surface area contributed by atoms with Gasteiger partial charge in [0.25, 0.3) is 0 Å². The molecule has 1 heterocycles. The topological polar surface area (TPSA) is 37.8 Å². The lowest BCUT2D eigenvalue weighted by molar-refractivity contribution is 1.17. The van der Waals surface area contributed by atoms with E-state index in [1.54, 1.807) is 12.5 Å². The summed E-state index contributed by atoms with van der Waals surface area (Å²) < 4.78 is 0. The van der Waals surface area contributed by atoms with Crippen molar-refractivity contribution in [1.82, 2.24) is 9.97 Å². The summed E-state index contributed by atoms with van der Waals surface area (Å²) in [6.45, 7) is 0. The van der Waals surface area contributed by atoms with Crippen LogP contribution in [0, 0.1) is 0 Å². The number of aromatic nitrogens is 2. The molecule has 0 aliphatic rings. The van der Waals surface area contributed by atoms with Crippen LogP contribution in [0.2, 0.25) is 0 Å². The molecule has 0 saturated heterocycles. The van der Waals surface area contributed by atoms with Crippen molar-refractivity contribution in [3.63, 3.8) is 0 Å². The van der Waals surface area contributed by atoms with E-state index < -0.39 is 0 Å². The number of benzene rings is 1. The maximum atomic E-state index is 4.25. The van der Waals surface area contributed by atoms with Gasteiger partial charge in [0.2, 0.25) is 0 Å². The van der Waals surface area contributed by atoms with E-state index in [1.807, 2.05) is 37.4 Å². The molecule has 0 unspecified atom stereocenters. The standard InChI is InChI=1S/C11H11N3/c1-12-10-7-13-8-14-11(10)9-5-3-2-4-6-9/h2-8,12H,1H3. The van der Waals surface area contributed by atoms with E-state index in [0.717, 1.165) is 16.9 Å². The highest BCUT2D eigenvalue weighted by atomic mass is 14.9. The first-order valence-corrected chi connectivity index (χ1v) is 4.45. The molecule has 3 nitrogen and oxygen atoms in total. The molecular weight excluding hydrogens is 174 g/mol. The van der Waals surface area contributed by atoms with Gasteiger partial charge in [-0.3, -0.25) is 0 Å². The van der Waals surface area contributed by atoms with Crippen molar-refractivity contribution in [2.24, 2.45) is 0 Å². The molecule has 0 radical (unpaired) electrons. The van der Waals surface area contributed by atoms with Gasteiger partial charge in [0.15, 0.2) is 0 Å². The maximum Gasteiger partial charge on any atom is 0.116 e. The lowest BCUT2D eigenvalue weighted by Gasteiger charge is -2.06. The molecule has 1 aromatic carbocycles. The summed E-state index contributed by atoms with van der Waals surface area (Å²) >= 11 is 0. The molecule has 0 aliphatic carbocycles. The Hall–Kier alpha value is -1.90. The van der Waals surface area contributed by atoms with Gasteiger partial charge in [-0.1, -0.05) is 30.3 Å². The van der Waals surface area contributed by atoms with Crippen LogP contribution < -0.4 is 5.32 Å². The Labute approximate surface area is 82.8 Å². The van der Waals surface area contributed by atoms with Crippen LogP contribution in [-0.4, -0.2) is 17.0 Å². The minimum atomic E-state index is 0.933. The highest BCUT2D eigenvalue weighted by molar-refractivity contribution is 5.72. The summed E-state index contributed by atoms with van der Waals surface area (Å²) in [7, 11) is 1.87. The fraction of sp³-hybridized carbons (Fsp3) is 0.0909. The molecule has 0 aliphatic heterocycles. The van der Waals surface area contributed by atoms with E-state index in [0.29, 0.717) is 0 Å². The van der Waals surface area contributed by atoms with E-state index in [1.165, 1.54) is 0 Å². The molecule has 0 amide bonds. The van der Waals surface area contributed by atoms with Gasteiger partial charge in [-0.25, -0.2) is 9.97 Å². The third kappa shape index (κ3) is 1.57. The van der Waals surface area contributed by atoms with Crippen LogP contribution in [0.1, 0.15) is 0 Å². The van der Waals surface area contributed by atoms with Crippen molar-refractivity contribution in [2.45, 2.75) is 0 Å². The van der Waals surface area contributed by atoms with Crippen molar-refractivity contribution < 1.29 is 0 Å². The molecule has 14 heavy (non-hydrogen) atoms. The number of nitrogens with one attached hydrogen (secondary N) is 1. The predicted octanol–water partition coefficient (Wildman–Crippen LogP) is 2.19. The van der Waals surface area contributed by atoms with Crippen LogP contribution >= 0.6 is 0 Å². The Morgan fingerprint density at radius 2 is 1.93 bits per heavy atom. The molecule has 0 spiro atoms. The quantitative estimate of drug-likeness (QED) is 0.779. The fourth-order valence-corrected chi connectivity index (χ4v) is 1.34. The number of anilines is 1.